The number of amides is 1. The molecule has 0 aliphatic rings. The molecule has 3 N–H and O–H groups in total. The van der Waals surface area contributed by atoms with E-state index in [0.717, 1.165) is 8.95 Å². The standard InChI is InChI=1S/C12H9Br2N3O/c13-7-1-2-11(9(14)5-7)17-12(18)8-3-4-16-6-10(8)15/h1-6H,15H2,(H,17,18). The van der Waals surface area contributed by atoms with E-state index in [1.165, 1.54) is 12.4 Å². The number of hydrogen-bond donors (Lipinski definition) is 2. The molecule has 0 fully saturated rings. The van der Waals surface area contributed by atoms with Gasteiger partial charge in [-0.05, 0) is 40.2 Å². The second kappa shape index (κ2) is 5.49. The topological polar surface area (TPSA) is 68.0 Å². The van der Waals surface area contributed by atoms with E-state index in [-0.39, 0.29) is 5.91 Å². The van der Waals surface area contributed by atoms with Gasteiger partial charge in [0, 0.05) is 15.1 Å². The molecule has 0 aliphatic heterocycles. The minimum absolute atomic E-state index is 0.266. The Labute approximate surface area is 121 Å². The van der Waals surface area contributed by atoms with Crippen LogP contribution in [0.15, 0.2) is 45.6 Å². The highest BCUT2D eigenvalue weighted by Gasteiger charge is 2.11. The number of anilines is 2. The molecule has 0 spiro atoms. The molecular formula is C12H9Br2N3O. The molecule has 1 amide bonds. The highest BCUT2D eigenvalue weighted by atomic mass is 79.9. The van der Waals surface area contributed by atoms with Crippen LogP contribution < -0.4 is 11.1 Å². The predicted octanol–water partition coefficient (Wildman–Crippen LogP) is 3.44. The van der Waals surface area contributed by atoms with Gasteiger partial charge in [-0.2, -0.15) is 0 Å². The fourth-order valence-electron chi connectivity index (χ4n) is 1.39. The minimum atomic E-state index is -0.266. The van der Waals surface area contributed by atoms with E-state index in [0.29, 0.717) is 16.9 Å². The molecule has 4 nitrogen and oxygen atoms in total. The average molecular weight is 371 g/mol. The summed E-state index contributed by atoms with van der Waals surface area (Å²) in [5.41, 5.74) is 7.13. The van der Waals surface area contributed by atoms with Crippen LogP contribution >= 0.6 is 31.9 Å². The Kier molecular flexibility index (Phi) is 3.98. The number of halogens is 2. The van der Waals surface area contributed by atoms with Crippen molar-refractivity contribution in [1.82, 2.24) is 4.98 Å². The van der Waals surface area contributed by atoms with Crippen LogP contribution in [0.3, 0.4) is 0 Å². The molecule has 0 saturated heterocycles. The van der Waals surface area contributed by atoms with Gasteiger partial charge in [0.25, 0.3) is 5.91 Å². The third-order valence-corrected chi connectivity index (χ3v) is 3.43. The summed E-state index contributed by atoms with van der Waals surface area (Å²) in [6.07, 6.45) is 2.98. The smallest absolute Gasteiger partial charge is 0.257 e. The van der Waals surface area contributed by atoms with E-state index >= 15 is 0 Å². The largest absolute Gasteiger partial charge is 0.397 e. The van der Waals surface area contributed by atoms with Gasteiger partial charge >= 0.3 is 0 Å². The first kappa shape index (κ1) is 13.0. The van der Waals surface area contributed by atoms with Gasteiger partial charge in [-0.15, -0.1) is 0 Å². The molecule has 1 heterocycles. The van der Waals surface area contributed by atoms with Crippen molar-refractivity contribution in [2.75, 3.05) is 11.1 Å². The molecular weight excluding hydrogens is 362 g/mol. The first-order chi connectivity index (χ1) is 8.58. The third-order valence-electron chi connectivity index (χ3n) is 2.28. The summed E-state index contributed by atoms with van der Waals surface area (Å²) in [6, 6.07) is 7.07. The van der Waals surface area contributed by atoms with E-state index in [4.69, 9.17) is 5.73 Å². The molecule has 6 heteroatoms. The molecule has 92 valence electrons. The number of rotatable bonds is 2. The van der Waals surface area contributed by atoms with Gasteiger partial charge in [-0.3, -0.25) is 9.78 Å². The second-order valence-corrected chi connectivity index (χ2v) is 5.31. The minimum Gasteiger partial charge on any atom is -0.397 e. The number of pyridine rings is 1. The van der Waals surface area contributed by atoms with Crippen LogP contribution in [0.1, 0.15) is 10.4 Å². The van der Waals surface area contributed by atoms with Crippen LogP contribution in [0.4, 0.5) is 11.4 Å². The van der Waals surface area contributed by atoms with Crippen molar-refractivity contribution < 1.29 is 4.79 Å². The molecule has 1 aromatic carbocycles. The van der Waals surface area contributed by atoms with Crippen molar-refractivity contribution in [3.05, 3.63) is 51.2 Å². The summed E-state index contributed by atoms with van der Waals surface area (Å²) in [6.45, 7) is 0. The highest BCUT2D eigenvalue weighted by Crippen LogP contribution is 2.26. The number of carbonyl (C=O) groups is 1. The number of nitrogens with one attached hydrogen (secondary N) is 1. The molecule has 1 aromatic heterocycles. The fourth-order valence-corrected chi connectivity index (χ4v) is 2.54. The number of nitrogens with two attached hydrogens (primary N) is 1. The van der Waals surface area contributed by atoms with Crippen LogP contribution in [0.5, 0.6) is 0 Å². The summed E-state index contributed by atoms with van der Waals surface area (Å²) in [5, 5.41) is 2.78. The van der Waals surface area contributed by atoms with Crippen LogP contribution in [-0.2, 0) is 0 Å². The Morgan fingerprint density at radius 3 is 2.72 bits per heavy atom. The number of nitrogens with zero attached hydrogens (tertiary/aromatic N) is 1. The zero-order chi connectivity index (χ0) is 13.1. The van der Waals surface area contributed by atoms with Crippen molar-refractivity contribution in [3.63, 3.8) is 0 Å². The van der Waals surface area contributed by atoms with Crippen molar-refractivity contribution >= 4 is 49.1 Å². The number of carbonyl (C=O) groups excluding carboxylic acids is 1. The SMILES string of the molecule is Nc1cnccc1C(=O)Nc1ccc(Br)cc1Br. The lowest BCUT2D eigenvalue weighted by molar-refractivity contribution is 0.102. The van der Waals surface area contributed by atoms with E-state index < -0.39 is 0 Å². The Balaban J connectivity index is 2.24. The third kappa shape index (κ3) is 2.88. The van der Waals surface area contributed by atoms with Crippen LogP contribution in [0.25, 0.3) is 0 Å². The first-order valence-electron chi connectivity index (χ1n) is 5.04. The summed E-state index contributed by atoms with van der Waals surface area (Å²) in [5.74, 6) is -0.266. The quantitative estimate of drug-likeness (QED) is 0.850. The number of aromatic nitrogens is 1. The normalized spacial score (nSPS) is 10.1. The molecule has 0 radical (unpaired) electrons. The summed E-state index contributed by atoms with van der Waals surface area (Å²) in [4.78, 5) is 15.9. The van der Waals surface area contributed by atoms with Gasteiger partial charge < -0.3 is 11.1 Å². The molecule has 0 unspecified atom stereocenters. The van der Waals surface area contributed by atoms with Crippen molar-refractivity contribution in [1.29, 1.82) is 0 Å². The maximum Gasteiger partial charge on any atom is 0.257 e. The lowest BCUT2D eigenvalue weighted by Crippen LogP contribution is -2.14. The summed E-state index contributed by atoms with van der Waals surface area (Å²) in [7, 11) is 0. The van der Waals surface area contributed by atoms with E-state index in [1.54, 1.807) is 12.1 Å². The van der Waals surface area contributed by atoms with Crippen LogP contribution in [0.2, 0.25) is 0 Å². The van der Waals surface area contributed by atoms with Gasteiger partial charge in [0.1, 0.15) is 0 Å². The van der Waals surface area contributed by atoms with E-state index in [9.17, 15) is 4.79 Å². The predicted molar refractivity (Wildman–Crippen MR) is 78.4 cm³/mol. The Morgan fingerprint density at radius 2 is 2.06 bits per heavy atom. The van der Waals surface area contributed by atoms with Crippen molar-refractivity contribution in [2.24, 2.45) is 0 Å². The van der Waals surface area contributed by atoms with Crippen molar-refractivity contribution in [2.45, 2.75) is 0 Å². The number of benzene rings is 1. The number of nitrogen functional groups attached to an aromatic ring is 1. The van der Waals surface area contributed by atoms with Crippen LogP contribution in [-0.4, -0.2) is 10.9 Å². The van der Waals surface area contributed by atoms with Gasteiger partial charge in [-0.1, -0.05) is 15.9 Å². The molecule has 0 aliphatic carbocycles. The van der Waals surface area contributed by atoms with Gasteiger partial charge in [-0.25, -0.2) is 0 Å². The maximum absolute atomic E-state index is 12.0. The fraction of sp³-hybridized carbons (Fsp3) is 0. The molecule has 2 aromatic rings. The molecule has 0 bridgehead atoms. The Hall–Kier alpha value is -1.40. The Bertz CT molecular complexity index is 602. The maximum atomic E-state index is 12.0. The monoisotopic (exact) mass is 369 g/mol. The Morgan fingerprint density at radius 1 is 1.28 bits per heavy atom. The first-order valence-corrected chi connectivity index (χ1v) is 6.62. The van der Waals surface area contributed by atoms with Crippen molar-refractivity contribution in [3.8, 4) is 0 Å². The lowest BCUT2D eigenvalue weighted by Gasteiger charge is -2.09. The second-order valence-electron chi connectivity index (χ2n) is 3.54. The van der Waals surface area contributed by atoms with Gasteiger partial charge in [0.15, 0.2) is 0 Å². The number of hydrogen-bond acceptors (Lipinski definition) is 3. The zero-order valence-electron chi connectivity index (χ0n) is 9.15. The lowest BCUT2D eigenvalue weighted by atomic mass is 10.2. The average Bonchev–Trinajstić information content (AvgIpc) is 2.33. The zero-order valence-corrected chi connectivity index (χ0v) is 12.3. The van der Waals surface area contributed by atoms with Crippen LogP contribution in [0, 0.1) is 0 Å². The molecule has 0 saturated carbocycles. The summed E-state index contributed by atoms with van der Waals surface area (Å²) >= 11 is 6.73. The molecule has 2 rings (SSSR count). The molecule has 0 atom stereocenters. The summed E-state index contributed by atoms with van der Waals surface area (Å²) < 4.78 is 1.72. The van der Waals surface area contributed by atoms with E-state index in [1.807, 2.05) is 12.1 Å². The van der Waals surface area contributed by atoms with Gasteiger partial charge in [0.05, 0.1) is 23.1 Å². The van der Waals surface area contributed by atoms with Gasteiger partial charge in [0.2, 0.25) is 0 Å². The molecule has 18 heavy (non-hydrogen) atoms. The highest BCUT2D eigenvalue weighted by molar-refractivity contribution is 9.11. The van der Waals surface area contributed by atoms with E-state index in [2.05, 4.69) is 42.2 Å².